The molecule has 1 N–H and O–H groups in total. The molecule has 0 spiro atoms. The zero-order valence-electron chi connectivity index (χ0n) is 13.1. The predicted molar refractivity (Wildman–Crippen MR) is 83.0 cm³/mol. The molecule has 0 bridgehead atoms. The highest BCUT2D eigenvalue weighted by Crippen LogP contribution is 2.17. The lowest BCUT2D eigenvalue weighted by molar-refractivity contribution is -0.119. The number of esters is 1. The van der Waals surface area contributed by atoms with Crippen LogP contribution in [-0.2, 0) is 9.53 Å². The first-order valence-electron chi connectivity index (χ1n) is 6.98. The Morgan fingerprint density at radius 1 is 1.14 bits per heavy atom. The highest BCUT2D eigenvalue weighted by molar-refractivity contribution is 5.96. The van der Waals surface area contributed by atoms with Crippen molar-refractivity contribution in [2.24, 2.45) is 0 Å². The van der Waals surface area contributed by atoms with E-state index < -0.39 is 5.97 Å². The molecule has 1 amide bonds. The summed E-state index contributed by atoms with van der Waals surface area (Å²) in [5.74, 6) is 0.171. The molecule has 0 aliphatic heterocycles. The number of hydrogen-bond donors (Lipinski definition) is 1. The molecule has 22 heavy (non-hydrogen) atoms. The van der Waals surface area contributed by atoms with E-state index >= 15 is 0 Å². The van der Waals surface area contributed by atoms with Crippen LogP contribution in [0.15, 0.2) is 28.7 Å². The molecule has 0 radical (unpaired) electrons. The number of rotatable bonds is 4. The highest BCUT2D eigenvalue weighted by atomic mass is 16.5. The second-order valence-corrected chi connectivity index (χ2v) is 5.27. The number of nitrogens with one attached hydrogen (secondary N) is 1. The molecule has 0 aliphatic carbocycles. The highest BCUT2D eigenvalue weighted by Gasteiger charge is 2.16. The largest absolute Gasteiger partial charge is 0.466 e. The first kappa shape index (κ1) is 15.8. The van der Waals surface area contributed by atoms with Gasteiger partial charge in [-0.3, -0.25) is 4.79 Å². The van der Waals surface area contributed by atoms with Gasteiger partial charge in [0.15, 0.2) is 6.61 Å². The van der Waals surface area contributed by atoms with Crippen molar-refractivity contribution in [3.63, 3.8) is 0 Å². The number of aryl methyl sites for hydroxylation is 4. The Hall–Kier alpha value is -2.56. The maximum absolute atomic E-state index is 11.9. The topological polar surface area (TPSA) is 68.5 Å². The van der Waals surface area contributed by atoms with E-state index in [0.29, 0.717) is 22.8 Å². The minimum absolute atomic E-state index is 0.337. The number of carbonyl (C=O) groups is 2. The number of ether oxygens (including phenoxy) is 1. The fourth-order valence-corrected chi connectivity index (χ4v) is 2.18. The van der Waals surface area contributed by atoms with Gasteiger partial charge in [-0.25, -0.2) is 4.79 Å². The molecule has 2 rings (SSSR count). The van der Waals surface area contributed by atoms with Gasteiger partial charge in [0.2, 0.25) is 0 Å². The van der Waals surface area contributed by atoms with Gasteiger partial charge in [-0.15, -0.1) is 0 Å². The minimum atomic E-state index is -0.565. The third kappa shape index (κ3) is 3.75. The van der Waals surface area contributed by atoms with E-state index in [0.717, 1.165) is 11.1 Å². The van der Waals surface area contributed by atoms with E-state index in [1.165, 1.54) is 0 Å². The summed E-state index contributed by atoms with van der Waals surface area (Å²) in [5, 5.41) is 2.72. The summed E-state index contributed by atoms with van der Waals surface area (Å²) in [7, 11) is 0. The molecule has 5 heteroatoms. The summed E-state index contributed by atoms with van der Waals surface area (Å²) in [6.45, 7) is 6.98. The Morgan fingerprint density at radius 3 is 2.45 bits per heavy atom. The Bertz CT molecular complexity index is 715. The van der Waals surface area contributed by atoms with E-state index in [9.17, 15) is 9.59 Å². The summed E-state index contributed by atoms with van der Waals surface area (Å²) in [4.78, 5) is 23.7. The summed E-state index contributed by atoms with van der Waals surface area (Å²) in [5.41, 5.74) is 3.13. The van der Waals surface area contributed by atoms with Gasteiger partial charge in [-0.1, -0.05) is 17.7 Å². The van der Waals surface area contributed by atoms with Crippen molar-refractivity contribution >= 4 is 17.6 Å². The molecule has 0 fully saturated rings. The number of hydrogen-bond acceptors (Lipinski definition) is 4. The maximum atomic E-state index is 11.9. The van der Waals surface area contributed by atoms with Crippen LogP contribution in [-0.4, -0.2) is 18.5 Å². The normalized spacial score (nSPS) is 10.4. The van der Waals surface area contributed by atoms with Crippen LogP contribution in [0.1, 0.15) is 33.0 Å². The van der Waals surface area contributed by atoms with Gasteiger partial charge in [-0.2, -0.15) is 0 Å². The molecule has 5 nitrogen and oxygen atoms in total. The molecule has 2 aromatic rings. The summed E-state index contributed by atoms with van der Waals surface area (Å²) < 4.78 is 10.3. The van der Waals surface area contributed by atoms with Crippen LogP contribution in [0.2, 0.25) is 0 Å². The van der Waals surface area contributed by atoms with Crippen LogP contribution in [0.4, 0.5) is 5.69 Å². The number of benzene rings is 1. The number of furan rings is 1. The standard InChI is InChI=1S/C17H19NO4/c1-10-5-6-15(11(2)7-10)18-16(19)9-21-17(20)14-8-12(3)22-13(14)4/h5-8H,9H2,1-4H3,(H,18,19). The van der Waals surface area contributed by atoms with E-state index in [1.54, 1.807) is 19.9 Å². The molecule has 1 heterocycles. The van der Waals surface area contributed by atoms with Crippen molar-refractivity contribution in [1.82, 2.24) is 0 Å². The minimum Gasteiger partial charge on any atom is -0.466 e. The number of carbonyl (C=O) groups excluding carboxylic acids is 2. The fourth-order valence-electron chi connectivity index (χ4n) is 2.18. The Kier molecular flexibility index (Phi) is 4.65. The van der Waals surface area contributed by atoms with Gasteiger partial charge < -0.3 is 14.5 Å². The summed E-state index contributed by atoms with van der Waals surface area (Å²) >= 11 is 0. The third-order valence-corrected chi connectivity index (χ3v) is 3.25. The quantitative estimate of drug-likeness (QED) is 0.880. The molecule has 1 aromatic heterocycles. The molecular weight excluding hydrogens is 282 g/mol. The Labute approximate surface area is 129 Å². The van der Waals surface area contributed by atoms with Crippen LogP contribution in [0.25, 0.3) is 0 Å². The van der Waals surface area contributed by atoms with Crippen LogP contribution in [0.5, 0.6) is 0 Å². The average Bonchev–Trinajstić information content (AvgIpc) is 2.78. The number of anilines is 1. The predicted octanol–water partition coefficient (Wildman–Crippen LogP) is 3.31. The van der Waals surface area contributed by atoms with Gasteiger partial charge >= 0.3 is 5.97 Å². The number of amides is 1. The second-order valence-electron chi connectivity index (χ2n) is 5.27. The van der Waals surface area contributed by atoms with Crippen LogP contribution in [0.3, 0.4) is 0 Å². The van der Waals surface area contributed by atoms with Crippen molar-refractivity contribution in [3.8, 4) is 0 Å². The Morgan fingerprint density at radius 2 is 1.86 bits per heavy atom. The van der Waals surface area contributed by atoms with Crippen molar-refractivity contribution < 1.29 is 18.7 Å². The lowest BCUT2D eigenvalue weighted by atomic mass is 10.1. The average molecular weight is 301 g/mol. The zero-order chi connectivity index (χ0) is 16.3. The molecular formula is C17H19NO4. The monoisotopic (exact) mass is 301 g/mol. The van der Waals surface area contributed by atoms with Crippen LogP contribution in [0, 0.1) is 27.7 Å². The molecule has 0 aliphatic rings. The molecule has 116 valence electrons. The van der Waals surface area contributed by atoms with E-state index in [2.05, 4.69) is 5.32 Å². The van der Waals surface area contributed by atoms with E-state index in [-0.39, 0.29) is 12.5 Å². The van der Waals surface area contributed by atoms with Crippen molar-refractivity contribution in [1.29, 1.82) is 0 Å². The van der Waals surface area contributed by atoms with Gasteiger partial charge in [0.1, 0.15) is 17.1 Å². The Balaban J connectivity index is 1.92. The zero-order valence-corrected chi connectivity index (χ0v) is 13.1. The SMILES string of the molecule is Cc1ccc(NC(=O)COC(=O)c2cc(C)oc2C)c(C)c1. The van der Waals surface area contributed by atoms with Crippen molar-refractivity contribution in [2.75, 3.05) is 11.9 Å². The van der Waals surface area contributed by atoms with E-state index in [1.807, 2.05) is 32.0 Å². The lowest BCUT2D eigenvalue weighted by Gasteiger charge is -2.09. The molecule has 0 atom stereocenters. The van der Waals surface area contributed by atoms with Crippen LogP contribution < -0.4 is 5.32 Å². The van der Waals surface area contributed by atoms with Gasteiger partial charge in [0.25, 0.3) is 5.91 Å². The third-order valence-electron chi connectivity index (χ3n) is 3.25. The molecule has 0 unspecified atom stereocenters. The molecule has 0 saturated carbocycles. The molecule has 1 aromatic carbocycles. The fraction of sp³-hybridized carbons (Fsp3) is 0.294. The van der Waals surface area contributed by atoms with Gasteiger partial charge in [0, 0.05) is 5.69 Å². The van der Waals surface area contributed by atoms with E-state index in [4.69, 9.17) is 9.15 Å². The second kappa shape index (κ2) is 6.47. The van der Waals surface area contributed by atoms with Gasteiger partial charge in [0.05, 0.1) is 0 Å². The van der Waals surface area contributed by atoms with Crippen molar-refractivity contribution in [3.05, 3.63) is 52.5 Å². The van der Waals surface area contributed by atoms with Crippen LogP contribution >= 0.6 is 0 Å². The summed E-state index contributed by atoms with van der Waals surface area (Å²) in [6.07, 6.45) is 0. The maximum Gasteiger partial charge on any atom is 0.342 e. The summed E-state index contributed by atoms with van der Waals surface area (Å²) in [6, 6.07) is 7.30. The van der Waals surface area contributed by atoms with Gasteiger partial charge in [-0.05, 0) is 45.4 Å². The smallest absolute Gasteiger partial charge is 0.342 e. The lowest BCUT2D eigenvalue weighted by Crippen LogP contribution is -2.21. The van der Waals surface area contributed by atoms with Crippen molar-refractivity contribution in [2.45, 2.75) is 27.7 Å². The first-order valence-corrected chi connectivity index (χ1v) is 6.98. The first-order chi connectivity index (χ1) is 10.4. The molecule has 0 saturated heterocycles.